The Morgan fingerprint density at radius 1 is 1.30 bits per heavy atom. The zero-order valence-corrected chi connectivity index (χ0v) is 12.8. The molecule has 102 valence electrons. The molecule has 1 saturated carbocycles. The number of carbonyl (C=O) groups is 1. The summed E-state index contributed by atoms with van der Waals surface area (Å²) in [5.74, 6) is 0.0249. The molecule has 1 N–H and O–H groups in total. The summed E-state index contributed by atoms with van der Waals surface area (Å²) < 4.78 is 0.807. The van der Waals surface area contributed by atoms with Crippen LogP contribution in [0.5, 0.6) is 0 Å². The van der Waals surface area contributed by atoms with Gasteiger partial charge >= 0.3 is 0 Å². The van der Waals surface area contributed by atoms with Crippen LogP contribution in [0, 0.1) is 6.92 Å². The third kappa shape index (κ3) is 2.75. The van der Waals surface area contributed by atoms with Crippen molar-refractivity contribution in [2.24, 2.45) is 0 Å². The van der Waals surface area contributed by atoms with Crippen molar-refractivity contribution in [3.8, 4) is 11.1 Å². The van der Waals surface area contributed by atoms with E-state index < -0.39 is 0 Å². The van der Waals surface area contributed by atoms with Crippen molar-refractivity contribution in [1.82, 2.24) is 10.3 Å². The van der Waals surface area contributed by atoms with E-state index in [2.05, 4.69) is 26.2 Å². The number of amides is 1. The van der Waals surface area contributed by atoms with Crippen molar-refractivity contribution in [1.29, 1.82) is 0 Å². The molecule has 3 nitrogen and oxygen atoms in total. The van der Waals surface area contributed by atoms with E-state index in [1.54, 1.807) is 0 Å². The average molecular weight is 331 g/mol. The van der Waals surface area contributed by atoms with Crippen molar-refractivity contribution < 1.29 is 4.79 Å². The average Bonchev–Trinajstić information content (AvgIpc) is 3.24. The van der Waals surface area contributed by atoms with Crippen molar-refractivity contribution in [2.45, 2.75) is 25.8 Å². The van der Waals surface area contributed by atoms with Gasteiger partial charge in [-0.3, -0.25) is 4.79 Å². The molecular weight excluding hydrogens is 316 g/mol. The minimum absolute atomic E-state index is 0.0249. The Morgan fingerprint density at radius 2 is 2.10 bits per heavy atom. The zero-order valence-electron chi connectivity index (χ0n) is 11.2. The van der Waals surface area contributed by atoms with Crippen molar-refractivity contribution >= 4 is 21.8 Å². The molecule has 0 aliphatic heterocycles. The summed E-state index contributed by atoms with van der Waals surface area (Å²) >= 11 is 3.33. The fourth-order valence-electron chi connectivity index (χ4n) is 2.22. The first-order valence-corrected chi connectivity index (χ1v) is 7.47. The number of hydrogen-bond acceptors (Lipinski definition) is 2. The van der Waals surface area contributed by atoms with E-state index in [4.69, 9.17) is 0 Å². The molecule has 2 aromatic rings. The third-order valence-electron chi connectivity index (χ3n) is 3.53. The molecule has 1 amide bonds. The van der Waals surface area contributed by atoms with E-state index >= 15 is 0 Å². The number of rotatable bonds is 3. The van der Waals surface area contributed by atoms with Gasteiger partial charge in [0.15, 0.2) is 0 Å². The van der Waals surface area contributed by atoms with E-state index in [1.165, 1.54) is 0 Å². The molecular formula is C16H15BrN2O. The van der Waals surface area contributed by atoms with Gasteiger partial charge in [-0.25, -0.2) is 4.98 Å². The largest absolute Gasteiger partial charge is 0.349 e. The zero-order chi connectivity index (χ0) is 14.1. The number of pyridine rings is 1. The van der Waals surface area contributed by atoms with Gasteiger partial charge in [0, 0.05) is 23.4 Å². The van der Waals surface area contributed by atoms with Crippen LogP contribution in [-0.4, -0.2) is 16.9 Å². The molecule has 1 heterocycles. The second-order valence-electron chi connectivity index (χ2n) is 5.10. The minimum Gasteiger partial charge on any atom is -0.349 e. The number of nitrogens with zero attached hydrogens (tertiary/aromatic N) is 1. The number of nitrogens with one attached hydrogen (secondary N) is 1. The van der Waals surface area contributed by atoms with Gasteiger partial charge in [-0.05, 0) is 59.0 Å². The number of carbonyl (C=O) groups excluding carboxylic acids is 1. The molecule has 0 saturated heterocycles. The lowest BCUT2D eigenvalue weighted by molar-refractivity contribution is 0.0950. The Morgan fingerprint density at radius 3 is 2.75 bits per heavy atom. The number of aromatic nitrogens is 1. The van der Waals surface area contributed by atoms with Crippen LogP contribution in [0.2, 0.25) is 0 Å². The molecule has 4 heteroatoms. The second kappa shape index (κ2) is 5.37. The monoisotopic (exact) mass is 330 g/mol. The predicted octanol–water partition coefficient (Wildman–Crippen LogP) is 3.71. The molecule has 1 aromatic heterocycles. The summed E-state index contributed by atoms with van der Waals surface area (Å²) in [6.45, 7) is 1.99. The SMILES string of the molecule is Cc1c(C(=O)NC2CC2)cccc1-c1ccc(Br)nc1. The molecule has 0 atom stereocenters. The highest BCUT2D eigenvalue weighted by atomic mass is 79.9. The van der Waals surface area contributed by atoms with Crippen molar-refractivity contribution in [2.75, 3.05) is 0 Å². The summed E-state index contributed by atoms with van der Waals surface area (Å²) in [5, 5.41) is 3.04. The Bertz CT molecular complexity index is 648. The quantitative estimate of drug-likeness (QED) is 0.871. The Labute approximate surface area is 126 Å². The highest BCUT2D eigenvalue weighted by Crippen LogP contribution is 2.27. The van der Waals surface area contributed by atoms with Crippen LogP contribution in [-0.2, 0) is 0 Å². The summed E-state index contributed by atoms with van der Waals surface area (Å²) in [7, 11) is 0. The molecule has 1 fully saturated rings. The van der Waals surface area contributed by atoms with Gasteiger partial charge in [0.2, 0.25) is 0 Å². The van der Waals surface area contributed by atoms with E-state index in [0.717, 1.165) is 39.7 Å². The highest BCUT2D eigenvalue weighted by molar-refractivity contribution is 9.10. The maximum absolute atomic E-state index is 12.2. The first-order valence-electron chi connectivity index (χ1n) is 6.67. The van der Waals surface area contributed by atoms with E-state index in [9.17, 15) is 4.79 Å². The molecule has 0 unspecified atom stereocenters. The summed E-state index contributed by atoms with van der Waals surface area (Å²) in [6, 6.07) is 10.1. The standard InChI is InChI=1S/C16H15BrN2O/c1-10-13(11-5-8-15(17)18-9-11)3-2-4-14(10)16(20)19-12-6-7-12/h2-5,8-9,12H,6-7H2,1H3,(H,19,20). The lowest BCUT2D eigenvalue weighted by atomic mass is 9.97. The molecule has 1 aromatic carbocycles. The smallest absolute Gasteiger partial charge is 0.251 e. The van der Waals surface area contributed by atoms with E-state index in [-0.39, 0.29) is 5.91 Å². The number of benzene rings is 1. The van der Waals surface area contributed by atoms with Crippen LogP contribution in [0.1, 0.15) is 28.8 Å². The first-order chi connectivity index (χ1) is 9.65. The summed E-state index contributed by atoms with van der Waals surface area (Å²) in [4.78, 5) is 16.5. The van der Waals surface area contributed by atoms with Crippen LogP contribution in [0.25, 0.3) is 11.1 Å². The molecule has 1 aliphatic rings. The molecule has 0 bridgehead atoms. The number of halogens is 1. The van der Waals surface area contributed by atoms with Gasteiger partial charge in [-0.1, -0.05) is 18.2 Å². The van der Waals surface area contributed by atoms with Gasteiger partial charge < -0.3 is 5.32 Å². The molecule has 20 heavy (non-hydrogen) atoms. The van der Waals surface area contributed by atoms with Crippen molar-refractivity contribution in [3.63, 3.8) is 0 Å². The fraction of sp³-hybridized carbons (Fsp3) is 0.250. The Hall–Kier alpha value is -1.68. The van der Waals surface area contributed by atoms with Crippen LogP contribution >= 0.6 is 15.9 Å². The summed E-state index contributed by atoms with van der Waals surface area (Å²) in [5.41, 5.74) is 3.81. The van der Waals surface area contributed by atoms with Crippen molar-refractivity contribution in [3.05, 3.63) is 52.3 Å². The maximum atomic E-state index is 12.2. The predicted molar refractivity (Wildman–Crippen MR) is 82.6 cm³/mol. The molecule has 3 rings (SSSR count). The van der Waals surface area contributed by atoms with Gasteiger partial charge in [0.25, 0.3) is 5.91 Å². The lowest BCUT2D eigenvalue weighted by Crippen LogP contribution is -2.26. The minimum atomic E-state index is 0.0249. The number of hydrogen-bond donors (Lipinski definition) is 1. The summed E-state index contributed by atoms with van der Waals surface area (Å²) in [6.07, 6.45) is 4.01. The highest BCUT2D eigenvalue weighted by Gasteiger charge is 2.24. The molecule has 1 aliphatic carbocycles. The Balaban J connectivity index is 1.95. The fourth-order valence-corrected chi connectivity index (χ4v) is 2.45. The lowest BCUT2D eigenvalue weighted by Gasteiger charge is -2.11. The van der Waals surface area contributed by atoms with E-state index in [0.29, 0.717) is 6.04 Å². The molecule has 0 radical (unpaired) electrons. The topological polar surface area (TPSA) is 42.0 Å². The van der Waals surface area contributed by atoms with Crippen LogP contribution in [0.4, 0.5) is 0 Å². The third-order valence-corrected chi connectivity index (χ3v) is 4.00. The Kier molecular flexibility index (Phi) is 3.57. The van der Waals surface area contributed by atoms with Gasteiger partial charge in [0.05, 0.1) is 0 Å². The molecule has 0 spiro atoms. The van der Waals surface area contributed by atoms with Crippen LogP contribution in [0.15, 0.2) is 41.1 Å². The maximum Gasteiger partial charge on any atom is 0.251 e. The first kappa shape index (κ1) is 13.3. The van der Waals surface area contributed by atoms with E-state index in [1.807, 2.05) is 43.5 Å². The van der Waals surface area contributed by atoms with Crippen LogP contribution in [0.3, 0.4) is 0 Å². The van der Waals surface area contributed by atoms with Gasteiger partial charge in [0.1, 0.15) is 4.60 Å². The van der Waals surface area contributed by atoms with Gasteiger partial charge in [-0.2, -0.15) is 0 Å². The van der Waals surface area contributed by atoms with Crippen LogP contribution < -0.4 is 5.32 Å². The van der Waals surface area contributed by atoms with Gasteiger partial charge in [-0.15, -0.1) is 0 Å². The normalized spacial score (nSPS) is 14.1. The second-order valence-corrected chi connectivity index (χ2v) is 5.91.